The number of methoxy groups -OCH3 is 1. The zero-order chi connectivity index (χ0) is 22.0. The van der Waals surface area contributed by atoms with E-state index in [-0.39, 0.29) is 6.04 Å². The molecule has 168 valence electrons. The molecule has 1 aromatic heterocycles. The van der Waals surface area contributed by atoms with Crippen molar-refractivity contribution in [2.24, 2.45) is 5.92 Å². The van der Waals surface area contributed by atoms with Gasteiger partial charge in [0.1, 0.15) is 5.82 Å². The highest BCUT2D eigenvalue weighted by Gasteiger charge is 2.27. The number of carbonyl (C=O) groups excluding carboxylic acids is 1. The minimum absolute atomic E-state index is 0.273. The van der Waals surface area contributed by atoms with Gasteiger partial charge in [0, 0.05) is 24.6 Å². The summed E-state index contributed by atoms with van der Waals surface area (Å²) in [4.78, 5) is 18.7. The van der Waals surface area contributed by atoms with Crippen molar-refractivity contribution >= 4 is 23.2 Å². The van der Waals surface area contributed by atoms with Crippen LogP contribution in [0, 0.1) is 5.92 Å². The first kappa shape index (κ1) is 21.7. The number of pyridine rings is 1. The Morgan fingerprint density at radius 1 is 1.26 bits per heavy atom. The molecule has 7 nitrogen and oxygen atoms in total. The molecule has 31 heavy (non-hydrogen) atoms. The van der Waals surface area contributed by atoms with Gasteiger partial charge in [0.25, 0.3) is 6.47 Å². The molecular formula is C24H33N3O4. The number of nitrogens with zero attached hydrogens (tertiary/aromatic N) is 2. The summed E-state index contributed by atoms with van der Waals surface area (Å²) in [6.07, 6.45) is 5.23. The van der Waals surface area contributed by atoms with Crippen LogP contribution in [0.1, 0.15) is 44.2 Å². The molecule has 1 unspecified atom stereocenters. The van der Waals surface area contributed by atoms with Gasteiger partial charge in [0.2, 0.25) is 5.75 Å². The third kappa shape index (κ3) is 4.42. The van der Waals surface area contributed by atoms with Gasteiger partial charge in [-0.15, -0.1) is 0 Å². The number of hydrogen-bond acceptors (Lipinski definition) is 7. The van der Waals surface area contributed by atoms with E-state index < -0.39 is 0 Å². The number of nitrogens with one attached hydrogen (secondary N) is 1. The topological polar surface area (TPSA) is 72.9 Å². The summed E-state index contributed by atoms with van der Waals surface area (Å²) in [5, 5.41) is 4.37. The summed E-state index contributed by atoms with van der Waals surface area (Å²) in [7, 11) is 3.71. The van der Waals surface area contributed by atoms with Gasteiger partial charge in [-0.05, 0) is 70.7 Å². The van der Waals surface area contributed by atoms with Crippen LogP contribution in [0.4, 0.5) is 5.82 Å². The first-order chi connectivity index (χ1) is 15.0. The number of anilines is 1. The van der Waals surface area contributed by atoms with E-state index in [1.807, 2.05) is 6.07 Å². The van der Waals surface area contributed by atoms with E-state index in [0.29, 0.717) is 36.2 Å². The van der Waals surface area contributed by atoms with Crippen LogP contribution in [0.25, 0.3) is 10.9 Å². The second-order valence-electron chi connectivity index (χ2n) is 9.00. The molecule has 1 aliphatic heterocycles. The largest absolute Gasteiger partial charge is 0.490 e. The van der Waals surface area contributed by atoms with Crippen molar-refractivity contribution in [3.8, 4) is 17.2 Å². The highest BCUT2D eigenvalue weighted by atomic mass is 16.6. The molecule has 1 fully saturated rings. The fourth-order valence-electron chi connectivity index (χ4n) is 4.84. The molecule has 0 saturated carbocycles. The monoisotopic (exact) mass is 427 g/mol. The van der Waals surface area contributed by atoms with Gasteiger partial charge in [0.05, 0.1) is 24.6 Å². The molecule has 2 heterocycles. The quantitative estimate of drug-likeness (QED) is 0.642. The third-order valence-corrected chi connectivity index (χ3v) is 6.23. The predicted octanol–water partition coefficient (Wildman–Crippen LogP) is 3.81. The summed E-state index contributed by atoms with van der Waals surface area (Å²) in [5.74, 6) is 2.83. The normalized spacial score (nSPS) is 18.8. The van der Waals surface area contributed by atoms with Crippen LogP contribution in [-0.2, 0) is 17.6 Å². The Balaban J connectivity index is 1.83. The second-order valence-corrected chi connectivity index (χ2v) is 9.00. The molecule has 7 heteroatoms. The summed E-state index contributed by atoms with van der Waals surface area (Å²) in [6.45, 7) is 7.38. The van der Waals surface area contributed by atoms with Crippen LogP contribution in [-0.4, -0.2) is 56.3 Å². The van der Waals surface area contributed by atoms with E-state index in [1.165, 1.54) is 11.1 Å². The number of aromatic nitrogens is 1. The van der Waals surface area contributed by atoms with E-state index >= 15 is 0 Å². The highest BCUT2D eigenvalue weighted by Crippen LogP contribution is 2.47. The Kier molecular flexibility index (Phi) is 6.51. The van der Waals surface area contributed by atoms with Crippen molar-refractivity contribution < 1.29 is 19.0 Å². The van der Waals surface area contributed by atoms with Crippen LogP contribution >= 0.6 is 0 Å². The van der Waals surface area contributed by atoms with Crippen LogP contribution in [0.2, 0.25) is 0 Å². The second kappa shape index (κ2) is 9.30. The molecule has 1 aliphatic carbocycles. The Hall–Kier alpha value is -2.54. The van der Waals surface area contributed by atoms with Gasteiger partial charge in [0.15, 0.2) is 11.5 Å². The predicted molar refractivity (Wildman–Crippen MR) is 121 cm³/mol. The lowest BCUT2D eigenvalue weighted by atomic mass is 9.88. The molecular weight excluding hydrogens is 394 g/mol. The highest BCUT2D eigenvalue weighted by molar-refractivity contribution is 5.96. The summed E-state index contributed by atoms with van der Waals surface area (Å²) < 4.78 is 17.4. The molecule has 1 atom stereocenters. The minimum Gasteiger partial charge on any atom is -0.490 e. The lowest BCUT2D eigenvalue weighted by Gasteiger charge is -2.25. The summed E-state index contributed by atoms with van der Waals surface area (Å²) >= 11 is 0. The maximum absolute atomic E-state index is 11.4. The number of hydrogen-bond donors (Lipinski definition) is 1. The number of carbonyl (C=O) groups is 1. The van der Waals surface area contributed by atoms with Crippen molar-refractivity contribution in [1.29, 1.82) is 0 Å². The van der Waals surface area contributed by atoms with Gasteiger partial charge in [-0.25, -0.2) is 4.98 Å². The maximum atomic E-state index is 11.4. The van der Waals surface area contributed by atoms with Crippen molar-refractivity contribution in [2.45, 2.75) is 52.0 Å². The van der Waals surface area contributed by atoms with Crippen molar-refractivity contribution in [3.63, 3.8) is 0 Å². The van der Waals surface area contributed by atoms with E-state index in [1.54, 1.807) is 7.11 Å². The van der Waals surface area contributed by atoms with Crippen LogP contribution in [0.3, 0.4) is 0 Å². The zero-order valence-corrected chi connectivity index (χ0v) is 19.0. The molecule has 0 radical (unpaired) electrons. The number of fused-ring (bicyclic) bond motifs is 3. The lowest BCUT2D eigenvalue weighted by molar-refractivity contribution is -0.120. The van der Waals surface area contributed by atoms with Crippen LogP contribution in [0.15, 0.2) is 6.07 Å². The fraction of sp³-hybridized carbons (Fsp3) is 0.583. The average Bonchev–Trinajstić information content (AvgIpc) is 3.17. The smallest absolute Gasteiger partial charge is 0.298 e. The first-order valence-corrected chi connectivity index (χ1v) is 11.3. The maximum Gasteiger partial charge on any atom is 0.298 e. The Morgan fingerprint density at radius 2 is 2.03 bits per heavy atom. The van der Waals surface area contributed by atoms with E-state index in [9.17, 15) is 4.79 Å². The lowest BCUT2D eigenvalue weighted by Crippen LogP contribution is -2.18. The molecule has 0 spiro atoms. The van der Waals surface area contributed by atoms with E-state index in [2.05, 4.69) is 31.1 Å². The number of aryl methyl sites for hydroxylation is 1. The standard InChI is InChI=1S/C24H33N3O4/c1-15(2)25-24-18-8-6-5-7-17(18)21-19(26-24)11-20(22(29-4)23(21)31-14-28)30-13-16-9-10-27(3)12-16/h11,14-16H,5-10,12-13H2,1-4H3,(H,25,26). The molecule has 2 aromatic rings. The summed E-state index contributed by atoms with van der Waals surface area (Å²) in [5.41, 5.74) is 3.17. The SMILES string of the molecule is COc1c(OCC2CCN(C)C2)cc2nc(NC(C)C)c3c(c2c1OC=O)CCCC3. The van der Waals surface area contributed by atoms with E-state index in [0.717, 1.165) is 61.9 Å². The molecule has 0 bridgehead atoms. The molecule has 0 amide bonds. The third-order valence-electron chi connectivity index (χ3n) is 6.23. The van der Waals surface area contributed by atoms with Gasteiger partial charge >= 0.3 is 0 Å². The Labute approximate surface area is 184 Å². The Morgan fingerprint density at radius 3 is 2.68 bits per heavy atom. The number of likely N-dealkylation sites (tertiary alicyclic amines) is 1. The number of rotatable bonds is 8. The van der Waals surface area contributed by atoms with E-state index in [4.69, 9.17) is 19.2 Å². The first-order valence-electron chi connectivity index (χ1n) is 11.3. The molecule has 1 N–H and O–H groups in total. The van der Waals surface area contributed by atoms with Gasteiger partial charge in [-0.3, -0.25) is 4.79 Å². The fourth-order valence-corrected chi connectivity index (χ4v) is 4.84. The number of ether oxygens (including phenoxy) is 3. The molecule has 1 aromatic carbocycles. The van der Waals surface area contributed by atoms with Gasteiger partial charge in [-0.2, -0.15) is 0 Å². The molecule has 2 aliphatic rings. The summed E-state index contributed by atoms with van der Waals surface area (Å²) in [6, 6.07) is 2.21. The van der Waals surface area contributed by atoms with Crippen molar-refractivity contribution in [1.82, 2.24) is 9.88 Å². The number of benzene rings is 1. The minimum atomic E-state index is 0.273. The van der Waals surface area contributed by atoms with Crippen molar-refractivity contribution in [2.75, 3.05) is 39.2 Å². The zero-order valence-electron chi connectivity index (χ0n) is 19.0. The van der Waals surface area contributed by atoms with Crippen LogP contribution < -0.4 is 19.5 Å². The van der Waals surface area contributed by atoms with Gasteiger partial charge < -0.3 is 24.4 Å². The molecule has 4 rings (SSSR count). The van der Waals surface area contributed by atoms with Crippen LogP contribution in [0.5, 0.6) is 17.2 Å². The van der Waals surface area contributed by atoms with Gasteiger partial charge in [-0.1, -0.05) is 0 Å². The molecule has 1 saturated heterocycles. The average molecular weight is 428 g/mol. The van der Waals surface area contributed by atoms with Crippen molar-refractivity contribution in [3.05, 3.63) is 17.2 Å². The Bertz CT molecular complexity index is 960.